The van der Waals surface area contributed by atoms with E-state index in [1.165, 1.54) is 18.7 Å². The summed E-state index contributed by atoms with van der Waals surface area (Å²) in [6, 6.07) is 0. The van der Waals surface area contributed by atoms with Crippen molar-refractivity contribution in [2.75, 3.05) is 5.75 Å². The van der Waals surface area contributed by atoms with Crippen LogP contribution in [0.4, 0.5) is 0 Å². The Labute approximate surface area is 104 Å². The first kappa shape index (κ1) is 13.6. The highest BCUT2D eigenvalue weighted by atomic mass is 32.2. The summed E-state index contributed by atoms with van der Waals surface area (Å²) in [6.45, 7) is 5.02. The maximum Gasteiger partial charge on any atom is 0.337 e. The molecule has 0 saturated heterocycles. The van der Waals surface area contributed by atoms with Gasteiger partial charge in [0, 0.05) is 24.1 Å². The lowest BCUT2D eigenvalue weighted by Gasteiger charge is -1.94. The molecule has 1 aromatic heterocycles. The molecule has 0 atom stereocenters. The minimum Gasteiger partial charge on any atom is -0.478 e. The first-order valence-electron chi connectivity index (χ1n) is 5.15. The summed E-state index contributed by atoms with van der Waals surface area (Å²) in [4.78, 5) is 24.7. The van der Waals surface area contributed by atoms with Crippen LogP contribution in [0.5, 0.6) is 0 Å². The van der Waals surface area contributed by atoms with Crippen molar-refractivity contribution in [1.82, 2.24) is 4.98 Å². The number of carboxylic acid groups (broad SMARTS) is 1. The Hall–Kier alpha value is -1.49. The molecule has 1 heterocycles. The van der Waals surface area contributed by atoms with Crippen LogP contribution in [0.15, 0.2) is 6.08 Å². The van der Waals surface area contributed by atoms with E-state index in [2.05, 4.69) is 4.98 Å². The van der Waals surface area contributed by atoms with Crippen molar-refractivity contribution < 1.29 is 14.7 Å². The normalized spacial score (nSPS) is 11.0. The fraction of sp³-hybridized carbons (Fsp3) is 0.333. The molecule has 0 amide bonds. The van der Waals surface area contributed by atoms with Gasteiger partial charge in [-0.25, -0.2) is 4.79 Å². The summed E-state index contributed by atoms with van der Waals surface area (Å²) in [5, 5.41) is 9.08. The van der Waals surface area contributed by atoms with E-state index in [0.29, 0.717) is 17.0 Å². The number of nitrogens with one attached hydrogen (secondary N) is 1. The molecule has 4 nitrogen and oxygen atoms in total. The number of aromatic amines is 1. The lowest BCUT2D eigenvalue weighted by molar-refractivity contribution is -0.109. The SMILES string of the molecule is CC(=O)SCC=Cc1[nH]c(C)c(C(=O)O)c1C. The molecular weight excluding hydrogens is 238 g/mol. The Bertz CT molecular complexity index is 474. The summed E-state index contributed by atoms with van der Waals surface area (Å²) in [5.41, 5.74) is 2.47. The fourth-order valence-electron chi connectivity index (χ4n) is 1.59. The van der Waals surface area contributed by atoms with E-state index in [9.17, 15) is 9.59 Å². The molecule has 0 radical (unpaired) electrons. The molecule has 0 aromatic carbocycles. The number of thioether (sulfide) groups is 1. The highest BCUT2D eigenvalue weighted by Gasteiger charge is 2.15. The van der Waals surface area contributed by atoms with E-state index in [1.54, 1.807) is 13.8 Å². The first-order valence-corrected chi connectivity index (χ1v) is 6.14. The van der Waals surface area contributed by atoms with Crippen LogP contribution in [-0.2, 0) is 4.79 Å². The molecular formula is C12H15NO3S. The van der Waals surface area contributed by atoms with Crippen LogP contribution in [0.1, 0.15) is 34.2 Å². The highest BCUT2D eigenvalue weighted by Crippen LogP contribution is 2.19. The van der Waals surface area contributed by atoms with Crippen molar-refractivity contribution >= 4 is 28.9 Å². The predicted molar refractivity (Wildman–Crippen MR) is 69.4 cm³/mol. The van der Waals surface area contributed by atoms with E-state index in [1.807, 2.05) is 12.2 Å². The molecule has 0 aliphatic heterocycles. The second-order valence-electron chi connectivity index (χ2n) is 3.67. The predicted octanol–water partition coefficient (Wildman–Crippen LogP) is 2.62. The number of rotatable bonds is 4. The Balaban J connectivity index is 2.82. The molecule has 1 aromatic rings. The second kappa shape index (κ2) is 5.72. The van der Waals surface area contributed by atoms with Gasteiger partial charge in [-0.3, -0.25) is 4.79 Å². The van der Waals surface area contributed by atoms with Gasteiger partial charge in [0.1, 0.15) is 0 Å². The molecule has 92 valence electrons. The first-order chi connectivity index (χ1) is 7.93. The van der Waals surface area contributed by atoms with Crippen LogP contribution < -0.4 is 0 Å². The molecule has 0 unspecified atom stereocenters. The summed E-state index contributed by atoms with van der Waals surface area (Å²) < 4.78 is 0. The second-order valence-corrected chi connectivity index (χ2v) is 4.87. The standard InChI is InChI=1S/C12H15NO3S/c1-7-10(5-4-6-17-9(3)14)13-8(2)11(7)12(15)16/h4-5,13H,6H2,1-3H3,(H,15,16). The van der Waals surface area contributed by atoms with Crippen molar-refractivity contribution in [2.24, 2.45) is 0 Å². The zero-order valence-electron chi connectivity index (χ0n) is 10.0. The third-order valence-corrected chi connectivity index (χ3v) is 3.12. The third kappa shape index (κ3) is 3.49. The Kier molecular flexibility index (Phi) is 4.57. The van der Waals surface area contributed by atoms with Crippen LogP contribution in [0, 0.1) is 13.8 Å². The Morgan fingerprint density at radius 3 is 2.53 bits per heavy atom. The van der Waals surface area contributed by atoms with E-state index in [0.717, 1.165) is 11.3 Å². The molecule has 5 heteroatoms. The Morgan fingerprint density at radius 2 is 2.06 bits per heavy atom. The number of aryl methyl sites for hydroxylation is 1. The van der Waals surface area contributed by atoms with Crippen LogP contribution in [0.3, 0.4) is 0 Å². The summed E-state index contributed by atoms with van der Waals surface area (Å²) in [5.74, 6) is -0.330. The average Bonchev–Trinajstić information content (AvgIpc) is 2.48. The molecule has 0 saturated carbocycles. The number of hydrogen-bond donors (Lipinski definition) is 2. The highest BCUT2D eigenvalue weighted by molar-refractivity contribution is 8.13. The minimum absolute atomic E-state index is 0.0697. The number of aromatic nitrogens is 1. The maximum absolute atomic E-state index is 11.0. The molecule has 0 aliphatic rings. The van der Waals surface area contributed by atoms with Gasteiger partial charge in [-0.1, -0.05) is 17.8 Å². The number of carbonyl (C=O) groups excluding carboxylic acids is 1. The number of carbonyl (C=O) groups is 2. The van der Waals surface area contributed by atoms with Crippen molar-refractivity contribution in [3.63, 3.8) is 0 Å². The number of carboxylic acids is 1. The maximum atomic E-state index is 11.0. The smallest absolute Gasteiger partial charge is 0.337 e. The van der Waals surface area contributed by atoms with Gasteiger partial charge in [-0.2, -0.15) is 0 Å². The van der Waals surface area contributed by atoms with Crippen molar-refractivity contribution in [3.8, 4) is 0 Å². The molecule has 17 heavy (non-hydrogen) atoms. The van der Waals surface area contributed by atoms with Crippen LogP contribution in [0.2, 0.25) is 0 Å². The summed E-state index contributed by atoms with van der Waals surface area (Å²) >= 11 is 1.22. The van der Waals surface area contributed by atoms with Crippen molar-refractivity contribution in [2.45, 2.75) is 20.8 Å². The van der Waals surface area contributed by atoms with Gasteiger partial charge in [-0.15, -0.1) is 0 Å². The molecule has 0 bridgehead atoms. The van der Waals surface area contributed by atoms with Gasteiger partial charge in [0.2, 0.25) is 0 Å². The van der Waals surface area contributed by atoms with Gasteiger partial charge in [0.05, 0.1) is 5.56 Å². The quantitative estimate of drug-likeness (QED) is 0.865. The van der Waals surface area contributed by atoms with Gasteiger partial charge in [0.15, 0.2) is 5.12 Å². The monoisotopic (exact) mass is 253 g/mol. The van der Waals surface area contributed by atoms with Gasteiger partial charge in [0.25, 0.3) is 0 Å². The Morgan fingerprint density at radius 1 is 1.41 bits per heavy atom. The minimum atomic E-state index is -0.922. The zero-order valence-corrected chi connectivity index (χ0v) is 10.9. The molecule has 0 fully saturated rings. The lowest BCUT2D eigenvalue weighted by atomic mass is 10.1. The lowest BCUT2D eigenvalue weighted by Crippen LogP contribution is -1.98. The number of H-pyrrole nitrogens is 1. The van der Waals surface area contributed by atoms with E-state index >= 15 is 0 Å². The van der Waals surface area contributed by atoms with Gasteiger partial charge in [-0.05, 0) is 25.5 Å². The van der Waals surface area contributed by atoms with E-state index in [-0.39, 0.29) is 5.12 Å². The largest absolute Gasteiger partial charge is 0.478 e. The van der Waals surface area contributed by atoms with Crippen molar-refractivity contribution in [1.29, 1.82) is 0 Å². The van der Waals surface area contributed by atoms with Crippen LogP contribution in [0.25, 0.3) is 6.08 Å². The zero-order chi connectivity index (χ0) is 13.0. The van der Waals surface area contributed by atoms with Crippen LogP contribution >= 0.6 is 11.8 Å². The fourth-order valence-corrected chi connectivity index (χ4v) is 2.02. The summed E-state index contributed by atoms with van der Waals surface area (Å²) in [6.07, 6.45) is 3.65. The van der Waals surface area contributed by atoms with E-state index in [4.69, 9.17) is 5.11 Å². The van der Waals surface area contributed by atoms with Gasteiger partial charge >= 0.3 is 5.97 Å². The number of hydrogen-bond acceptors (Lipinski definition) is 3. The van der Waals surface area contributed by atoms with E-state index < -0.39 is 5.97 Å². The average molecular weight is 253 g/mol. The number of aromatic carboxylic acids is 1. The molecule has 1 rings (SSSR count). The molecule has 0 aliphatic carbocycles. The third-order valence-electron chi connectivity index (χ3n) is 2.36. The molecule has 0 spiro atoms. The molecule has 2 N–H and O–H groups in total. The summed E-state index contributed by atoms with van der Waals surface area (Å²) in [7, 11) is 0. The van der Waals surface area contributed by atoms with Crippen LogP contribution in [-0.4, -0.2) is 26.9 Å². The van der Waals surface area contributed by atoms with Gasteiger partial charge < -0.3 is 10.1 Å². The topological polar surface area (TPSA) is 70.2 Å². The van der Waals surface area contributed by atoms with Crippen molar-refractivity contribution in [3.05, 3.63) is 28.6 Å².